The zero-order chi connectivity index (χ0) is 14.2. The van der Waals surface area contributed by atoms with E-state index in [0.29, 0.717) is 0 Å². The van der Waals surface area contributed by atoms with Crippen LogP contribution >= 0.6 is 15.9 Å². The predicted molar refractivity (Wildman–Crippen MR) is 76.9 cm³/mol. The van der Waals surface area contributed by atoms with Gasteiger partial charge in [-0.2, -0.15) is 4.31 Å². The van der Waals surface area contributed by atoms with E-state index in [1.807, 2.05) is 6.92 Å². The summed E-state index contributed by atoms with van der Waals surface area (Å²) < 4.78 is 26.5. The number of carbonyl (C=O) groups is 1. The van der Waals surface area contributed by atoms with Gasteiger partial charge in [0.05, 0.1) is 9.72 Å². The molecule has 1 aromatic rings. The van der Waals surface area contributed by atoms with E-state index in [2.05, 4.69) is 15.9 Å². The number of piperidine rings is 1. The van der Waals surface area contributed by atoms with Crippen molar-refractivity contribution in [2.75, 3.05) is 6.54 Å². The molecular formula is C13H16BrNO3S. The number of hydrogen-bond acceptors (Lipinski definition) is 3. The molecule has 0 spiro atoms. The summed E-state index contributed by atoms with van der Waals surface area (Å²) in [5, 5.41) is 0. The lowest BCUT2D eigenvalue weighted by Crippen LogP contribution is -2.49. The van der Waals surface area contributed by atoms with Crippen LogP contribution in [0.3, 0.4) is 0 Å². The SMILES string of the molecule is Cc1ccc(S(=O)(=O)N2CC(Br)C(=O)CC2C)cc1. The maximum Gasteiger partial charge on any atom is 0.243 e. The fourth-order valence-corrected chi connectivity index (χ4v) is 4.48. The van der Waals surface area contributed by atoms with E-state index in [1.165, 1.54) is 4.31 Å². The zero-order valence-electron chi connectivity index (χ0n) is 10.8. The molecule has 2 atom stereocenters. The molecule has 0 N–H and O–H groups in total. The topological polar surface area (TPSA) is 54.5 Å². The van der Waals surface area contributed by atoms with E-state index in [0.717, 1.165) is 5.56 Å². The van der Waals surface area contributed by atoms with Gasteiger partial charge in [-0.1, -0.05) is 33.6 Å². The number of halogens is 1. The summed E-state index contributed by atoms with van der Waals surface area (Å²) in [6.07, 6.45) is 0.251. The Bertz CT molecular complexity index is 582. The second kappa shape index (κ2) is 5.34. The smallest absolute Gasteiger partial charge is 0.243 e. The molecule has 1 fully saturated rings. The minimum Gasteiger partial charge on any atom is -0.298 e. The first-order chi connectivity index (χ1) is 8.82. The minimum absolute atomic E-state index is 0.0582. The molecule has 1 saturated heterocycles. The van der Waals surface area contributed by atoms with Gasteiger partial charge in [-0.05, 0) is 26.0 Å². The van der Waals surface area contributed by atoms with Gasteiger partial charge in [0.15, 0.2) is 0 Å². The van der Waals surface area contributed by atoms with Gasteiger partial charge >= 0.3 is 0 Å². The van der Waals surface area contributed by atoms with Gasteiger partial charge in [0.2, 0.25) is 10.0 Å². The largest absolute Gasteiger partial charge is 0.298 e. The Morgan fingerprint density at radius 1 is 1.26 bits per heavy atom. The molecule has 4 nitrogen and oxygen atoms in total. The number of hydrogen-bond donors (Lipinski definition) is 0. The van der Waals surface area contributed by atoms with Crippen LogP contribution in [0.15, 0.2) is 29.2 Å². The predicted octanol–water partition coefficient (Wildman–Crippen LogP) is 2.11. The Morgan fingerprint density at radius 3 is 2.42 bits per heavy atom. The van der Waals surface area contributed by atoms with Crippen molar-refractivity contribution < 1.29 is 13.2 Å². The van der Waals surface area contributed by atoms with Crippen LogP contribution in [0.5, 0.6) is 0 Å². The number of benzene rings is 1. The maximum atomic E-state index is 12.6. The second-order valence-electron chi connectivity index (χ2n) is 4.87. The molecular weight excluding hydrogens is 330 g/mol. The van der Waals surface area contributed by atoms with E-state index >= 15 is 0 Å². The average Bonchev–Trinajstić information content (AvgIpc) is 2.34. The zero-order valence-corrected chi connectivity index (χ0v) is 13.2. The highest BCUT2D eigenvalue weighted by atomic mass is 79.9. The van der Waals surface area contributed by atoms with Gasteiger partial charge in [0.1, 0.15) is 5.78 Å². The molecule has 6 heteroatoms. The lowest BCUT2D eigenvalue weighted by atomic mass is 10.1. The van der Waals surface area contributed by atoms with Crippen LogP contribution in [-0.4, -0.2) is 35.9 Å². The van der Waals surface area contributed by atoms with Crippen LogP contribution in [0.2, 0.25) is 0 Å². The van der Waals surface area contributed by atoms with Crippen LogP contribution in [0.4, 0.5) is 0 Å². The molecule has 19 heavy (non-hydrogen) atoms. The quantitative estimate of drug-likeness (QED) is 0.771. The molecule has 0 radical (unpaired) electrons. The molecule has 2 rings (SSSR count). The Labute approximate surface area is 122 Å². The molecule has 1 aromatic carbocycles. The van der Waals surface area contributed by atoms with Crippen LogP contribution in [0, 0.1) is 6.92 Å². The van der Waals surface area contributed by atoms with Gasteiger partial charge in [-0.3, -0.25) is 4.79 Å². The van der Waals surface area contributed by atoms with Crippen molar-refractivity contribution in [2.45, 2.75) is 36.0 Å². The van der Waals surface area contributed by atoms with Crippen LogP contribution in [0.1, 0.15) is 18.9 Å². The van der Waals surface area contributed by atoms with E-state index in [9.17, 15) is 13.2 Å². The summed E-state index contributed by atoms with van der Waals surface area (Å²) in [6, 6.07) is 6.47. The van der Waals surface area contributed by atoms with Crippen molar-refractivity contribution in [1.82, 2.24) is 4.31 Å². The van der Waals surface area contributed by atoms with Crippen LogP contribution in [0.25, 0.3) is 0 Å². The molecule has 1 aliphatic heterocycles. The van der Waals surface area contributed by atoms with Crippen molar-refractivity contribution in [3.8, 4) is 0 Å². The molecule has 0 bridgehead atoms. The number of alkyl halides is 1. The molecule has 2 unspecified atom stereocenters. The standard InChI is InChI=1S/C13H16BrNO3S/c1-9-3-5-11(6-4-9)19(17,18)15-8-12(14)13(16)7-10(15)2/h3-6,10,12H,7-8H2,1-2H3. The molecule has 0 saturated carbocycles. The molecule has 1 aliphatic rings. The number of rotatable bonds is 2. The van der Waals surface area contributed by atoms with E-state index in [-0.39, 0.29) is 29.7 Å². The number of Topliss-reactive ketones (excluding diaryl/α,β-unsaturated/α-hetero) is 1. The Balaban J connectivity index is 2.34. The third kappa shape index (κ3) is 2.90. The third-order valence-corrected chi connectivity index (χ3v) is 6.10. The highest BCUT2D eigenvalue weighted by Gasteiger charge is 2.37. The fourth-order valence-electron chi connectivity index (χ4n) is 2.14. The number of aryl methyl sites for hydroxylation is 1. The number of carbonyl (C=O) groups excluding carboxylic acids is 1. The van der Waals surface area contributed by atoms with Crippen LogP contribution < -0.4 is 0 Å². The fraction of sp³-hybridized carbons (Fsp3) is 0.462. The monoisotopic (exact) mass is 345 g/mol. The average molecular weight is 346 g/mol. The molecule has 1 heterocycles. The highest BCUT2D eigenvalue weighted by molar-refractivity contribution is 9.10. The summed E-state index contributed by atoms with van der Waals surface area (Å²) in [7, 11) is -3.53. The van der Waals surface area contributed by atoms with Crippen LogP contribution in [-0.2, 0) is 14.8 Å². The first-order valence-electron chi connectivity index (χ1n) is 6.07. The Morgan fingerprint density at radius 2 is 1.84 bits per heavy atom. The van der Waals surface area contributed by atoms with E-state index in [4.69, 9.17) is 0 Å². The summed E-state index contributed by atoms with van der Waals surface area (Å²) in [6.45, 7) is 3.87. The van der Waals surface area contributed by atoms with Gasteiger partial charge < -0.3 is 0 Å². The number of sulfonamides is 1. The van der Waals surface area contributed by atoms with E-state index in [1.54, 1.807) is 31.2 Å². The molecule has 0 amide bonds. The molecule has 0 aromatic heterocycles. The summed E-state index contributed by atoms with van der Waals surface area (Å²) in [5.41, 5.74) is 1.01. The van der Waals surface area contributed by atoms with Crippen molar-refractivity contribution in [3.05, 3.63) is 29.8 Å². The number of ketones is 1. The highest BCUT2D eigenvalue weighted by Crippen LogP contribution is 2.26. The summed E-state index contributed by atoms with van der Waals surface area (Å²) >= 11 is 3.24. The van der Waals surface area contributed by atoms with Gasteiger partial charge in [-0.15, -0.1) is 0 Å². The van der Waals surface area contributed by atoms with Crippen molar-refractivity contribution in [2.24, 2.45) is 0 Å². The maximum absolute atomic E-state index is 12.6. The van der Waals surface area contributed by atoms with Crippen molar-refractivity contribution in [1.29, 1.82) is 0 Å². The lowest BCUT2D eigenvalue weighted by Gasteiger charge is -2.34. The van der Waals surface area contributed by atoms with Gasteiger partial charge in [-0.25, -0.2) is 8.42 Å². The van der Waals surface area contributed by atoms with Crippen molar-refractivity contribution in [3.63, 3.8) is 0 Å². The number of nitrogens with zero attached hydrogens (tertiary/aromatic N) is 1. The molecule has 104 valence electrons. The van der Waals surface area contributed by atoms with Gasteiger partial charge in [0, 0.05) is 19.0 Å². The first-order valence-corrected chi connectivity index (χ1v) is 8.43. The van der Waals surface area contributed by atoms with Crippen molar-refractivity contribution >= 4 is 31.7 Å². The van der Waals surface area contributed by atoms with E-state index < -0.39 is 14.9 Å². The summed E-state index contributed by atoms with van der Waals surface area (Å²) in [5.74, 6) is 0.0582. The minimum atomic E-state index is -3.53. The third-order valence-electron chi connectivity index (χ3n) is 3.31. The first kappa shape index (κ1) is 14.7. The lowest BCUT2D eigenvalue weighted by molar-refractivity contribution is -0.120. The second-order valence-corrected chi connectivity index (χ2v) is 7.87. The normalized spacial score (nSPS) is 25.5. The van der Waals surface area contributed by atoms with Gasteiger partial charge in [0.25, 0.3) is 0 Å². The Hall–Kier alpha value is -0.720. The molecule has 0 aliphatic carbocycles. The Kier molecular flexibility index (Phi) is 4.13. The summed E-state index contributed by atoms with van der Waals surface area (Å²) in [4.78, 5) is 11.5.